The number of rotatable bonds is 8. The van der Waals surface area contributed by atoms with Crippen molar-refractivity contribution in [1.29, 1.82) is 0 Å². The highest BCUT2D eigenvalue weighted by Crippen LogP contribution is 2.41. The largest absolute Gasteiger partial charge is 0.508 e. The van der Waals surface area contributed by atoms with Gasteiger partial charge < -0.3 is 10.2 Å². The summed E-state index contributed by atoms with van der Waals surface area (Å²) in [6.07, 6.45) is 3.75. The van der Waals surface area contributed by atoms with Crippen molar-refractivity contribution >= 4 is 17.3 Å². The highest BCUT2D eigenvalue weighted by molar-refractivity contribution is 6.27. The van der Waals surface area contributed by atoms with E-state index in [2.05, 4.69) is 4.89 Å². The van der Waals surface area contributed by atoms with E-state index in [9.17, 15) is 24.6 Å². The van der Waals surface area contributed by atoms with E-state index in [0.717, 1.165) is 11.6 Å². The molecule has 150 valence electrons. The van der Waals surface area contributed by atoms with Crippen molar-refractivity contribution in [3.05, 3.63) is 35.1 Å². The van der Waals surface area contributed by atoms with Gasteiger partial charge >= 0.3 is 0 Å². The zero-order chi connectivity index (χ0) is 21.2. The standard InChI is InChI=1S/C20H28O7/c1-11(2)7-8-13-17(23)15(16(22)12(3)4)18(24)20(13,25)14(21)9-10-19(5,6)27-26/h7,9-10,12-13,24-26H,8H2,1-6H3/b10-9+/t13?,20-/m0/s1. The lowest BCUT2D eigenvalue weighted by molar-refractivity contribution is -0.297. The van der Waals surface area contributed by atoms with Crippen molar-refractivity contribution in [2.45, 2.75) is 59.2 Å². The van der Waals surface area contributed by atoms with Crippen LogP contribution in [0.4, 0.5) is 0 Å². The summed E-state index contributed by atoms with van der Waals surface area (Å²) in [7, 11) is 0. The van der Waals surface area contributed by atoms with Crippen LogP contribution < -0.4 is 0 Å². The molecule has 0 spiro atoms. The SMILES string of the molecule is CC(C)=CCC1C(=O)C(C(=O)C(C)C)=C(O)[C@@]1(O)C(=O)/C=C/C(C)(C)OO. The maximum atomic E-state index is 12.8. The molecule has 0 aromatic heterocycles. The van der Waals surface area contributed by atoms with Gasteiger partial charge in [0.25, 0.3) is 0 Å². The number of aliphatic hydroxyl groups is 2. The third-order valence-corrected chi connectivity index (χ3v) is 4.44. The summed E-state index contributed by atoms with van der Waals surface area (Å²) >= 11 is 0. The molecule has 0 fully saturated rings. The first-order valence-electron chi connectivity index (χ1n) is 8.73. The molecule has 0 saturated carbocycles. The lowest BCUT2D eigenvalue weighted by Gasteiger charge is -2.26. The molecule has 0 bridgehead atoms. The zero-order valence-corrected chi connectivity index (χ0v) is 16.6. The van der Waals surface area contributed by atoms with Crippen LogP contribution in [0.3, 0.4) is 0 Å². The summed E-state index contributed by atoms with van der Waals surface area (Å²) in [6, 6.07) is 0. The van der Waals surface area contributed by atoms with Gasteiger partial charge in [-0.25, -0.2) is 4.89 Å². The van der Waals surface area contributed by atoms with E-state index in [-0.39, 0.29) is 6.42 Å². The predicted molar refractivity (Wildman–Crippen MR) is 98.9 cm³/mol. The number of Topliss-reactive ketones (excluding diaryl/α,β-unsaturated/α-hetero) is 2. The fraction of sp³-hybridized carbons (Fsp3) is 0.550. The Kier molecular flexibility index (Phi) is 7.05. The molecular formula is C20H28O7. The van der Waals surface area contributed by atoms with Gasteiger partial charge in [0.05, 0.1) is 5.92 Å². The highest BCUT2D eigenvalue weighted by atomic mass is 17.1. The Labute approximate surface area is 159 Å². The molecule has 3 N–H and O–H groups in total. The molecule has 0 aromatic carbocycles. The first-order valence-corrected chi connectivity index (χ1v) is 8.73. The van der Waals surface area contributed by atoms with Crippen molar-refractivity contribution in [2.75, 3.05) is 0 Å². The molecule has 7 heteroatoms. The molecule has 1 unspecified atom stereocenters. The van der Waals surface area contributed by atoms with Crippen molar-refractivity contribution in [3.63, 3.8) is 0 Å². The third kappa shape index (κ3) is 4.61. The summed E-state index contributed by atoms with van der Waals surface area (Å²) in [5, 5.41) is 30.4. The molecule has 1 aliphatic carbocycles. The molecule has 0 heterocycles. The van der Waals surface area contributed by atoms with Crippen LogP contribution >= 0.6 is 0 Å². The lowest BCUT2D eigenvalue weighted by atomic mass is 9.81. The van der Waals surface area contributed by atoms with Crippen LogP contribution in [0, 0.1) is 11.8 Å². The maximum absolute atomic E-state index is 12.8. The average Bonchev–Trinajstić information content (AvgIpc) is 2.77. The number of allylic oxidation sites excluding steroid dienone is 3. The summed E-state index contributed by atoms with van der Waals surface area (Å²) in [5.41, 5.74) is -3.45. The smallest absolute Gasteiger partial charge is 0.195 e. The Balaban J connectivity index is 3.49. The summed E-state index contributed by atoms with van der Waals surface area (Å²) in [4.78, 5) is 42.1. The summed E-state index contributed by atoms with van der Waals surface area (Å²) in [5.74, 6) is -5.20. The topological polar surface area (TPSA) is 121 Å². The van der Waals surface area contributed by atoms with E-state index in [4.69, 9.17) is 5.26 Å². The number of carbonyl (C=O) groups is 3. The Morgan fingerprint density at radius 1 is 1.30 bits per heavy atom. The Morgan fingerprint density at radius 2 is 1.85 bits per heavy atom. The van der Waals surface area contributed by atoms with Crippen molar-refractivity contribution in [1.82, 2.24) is 0 Å². The molecule has 2 atom stereocenters. The molecule has 1 rings (SSSR count). The van der Waals surface area contributed by atoms with Gasteiger partial charge in [-0.2, -0.15) is 0 Å². The van der Waals surface area contributed by atoms with Crippen molar-refractivity contribution in [2.24, 2.45) is 11.8 Å². The minimum absolute atomic E-state index is 0.0178. The monoisotopic (exact) mass is 380 g/mol. The third-order valence-electron chi connectivity index (χ3n) is 4.44. The Morgan fingerprint density at radius 3 is 2.30 bits per heavy atom. The zero-order valence-electron chi connectivity index (χ0n) is 16.6. The van der Waals surface area contributed by atoms with Crippen LogP contribution in [0.5, 0.6) is 0 Å². The molecule has 27 heavy (non-hydrogen) atoms. The van der Waals surface area contributed by atoms with Crippen LogP contribution in [0.1, 0.15) is 48.0 Å². The van der Waals surface area contributed by atoms with Crippen LogP contribution in [0.25, 0.3) is 0 Å². The summed E-state index contributed by atoms with van der Waals surface area (Å²) < 4.78 is 0. The van der Waals surface area contributed by atoms with E-state index in [0.29, 0.717) is 0 Å². The van der Waals surface area contributed by atoms with Gasteiger partial charge in [-0.3, -0.25) is 19.6 Å². The van der Waals surface area contributed by atoms with Crippen LogP contribution in [-0.4, -0.2) is 44.0 Å². The van der Waals surface area contributed by atoms with E-state index >= 15 is 0 Å². The maximum Gasteiger partial charge on any atom is 0.195 e. The second-order valence-corrected chi connectivity index (χ2v) is 7.84. The Hall–Kier alpha value is -2.09. The number of ketones is 3. The van der Waals surface area contributed by atoms with Gasteiger partial charge in [-0.15, -0.1) is 0 Å². The number of aliphatic hydroxyl groups excluding tert-OH is 1. The predicted octanol–water partition coefficient (Wildman–Crippen LogP) is 2.70. The van der Waals surface area contributed by atoms with E-state index in [1.165, 1.54) is 19.9 Å². The molecule has 7 nitrogen and oxygen atoms in total. The number of hydrogen-bond acceptors (Lipinski definition) is 7. The molecule has 0 saturated heterocycles. The number of hydrogen-bond donors (Lipinski definition) is 3. The van der Waals surface area contributed by atoms with E-state index < -0.39 is 51.7 Å². The fourth-order valence-corrected chi connectivity index (χ4v) is 2.72. The average molecular weight is 380 g/mol. The molecule has 0 aliphatic heterocycles. The number of carbonyl (C=O) groups excluding carboxylic acids is 3. The highest BCUT2D eigenvalue weighted by Gasteiger charge is 2.58. The first-order chi connectivity index (χ1) is 12.3. The van der Waals surface area contributed by atoms with Gasteiger partial charge in [-0.1, -0.05) is 25.5 Å². The second-order valence-electron chi connectivity index (χ2n) is 7.84. The van der Waals surface area contributed by atoms with Crippen LogP contribution in [0.2, 0.25) is 0 Å². The minimum Gasteiger partial charge on any atom is -0.508 e. The minimum atomic E-state index is -2.55. The molecule has 0 radical (unpaired) electrons. The van der Waals surface area contributed by atoms with Gasteiger partial charge in [0, 0.05) is 5.92 Å². The molecule has 0 amide bonds. The van der Waals surface area contributed by atoms with Crippen molar-refractivity contribution < 1.29 is 34.7 Å². The molecule has 1 aliphatic rings. The second kappa shape index (κ2) is 8.29. The first kappa shape index (κ1) is 23.0. The van der Waals surface area contributed by atoms with Gasteiger partial charge in [-0.05, 0) is 46.3 Å². The Bertz CT molecular complexity index is 721. The molecule has 0 aromatic rings. The van der Waals surface area contributed by atoms with Gasteiger partial charge in [0.1, 0.15) is 16.9 Å². The normalized spacial score (nSPS) is 23.4. The van der Waals surface area contributed by atoms with Crippen LogP contribution in [0.15, 0.2) is 35.1 Å². The fourth-order valence-electron chi connectivity index (χ4n) is 2.72. The summed E-state index contributed by atoms with van der Waals surface area (Å²) in [6.45, 7) is 9.61. The van der Waals surface area contributed by atoms with Gasteiger partial charge in [0.2, 0.25) is 0 Å². The van der Waals surface area contributed by atoms with Crippen molar-refractivity contribution in [3.8, 4) is 0 Å². The lowest BCUT2D eigenvalue weighted by Crippen LogP contribution is -2.46. The van der Waals surface area contributed by atoms with E-state index in [1.54, 1.807) is 33.8 Å². The molecular weight excluding hydrogens is 352 g/mol. The van der Waals surface area contributed by atoms with Crippen LogP contribution in [-0.2, 0) is 19.3 Å². The quantitative estimate of drug-likeness (QED) is 0.195. The van der Waals surface area contributed by atoms with Gasteiger partial charge in [0.15, 0.2) is 23.0 Å². The van der Waals surface area contributed by atoms with E-state index in [1.807, 2.05) is 0 Å².